The summed E-state index contributed by atoms with van der Waals surface area (Å²) in [6.07, 6.45) is -8.59. The molecule has 2 fully saturated rings. The Kier molecular flexibility index (Phi) is 13.3. The first-order valence-electron chi connectivity index (χ1n) is 20.4. The second kappa shape index (κ2) is 17.9. The van der Waals surface area contributed by atoms with Crippen molar-refractivity contribution in [1.82, 2.24) is 25.4 Å². The maximum atomic E-state index is 15.0. The zero-order chi connectivity index (χ0) is 48.3. The standard InChI is InChI=1S/C43H41ClF9N7O4S2/c1-40(2,66(63,64)26-5-6-26)12-10-25-4-7-27(28-8-9-30(44)34-36(28)60(21-32(47)48)58-39(34)59-65(62)41(3)14-15-41)35(56-25)31(18-22-16-23(45)19-24(46)17-22)57-33(61)20-55-38-29(11-13-42(38,49)50)37(54)43(51,52)53/h4,7-9,16-17,19,26,31-32,54-55H,5-6,11,13-15,18,20-21H2,1-3H3,(H,57,61)(H,58,59)/t31-,65?/m0/s1. The Bertz CT molecular complexity index is 2800. The van der Waals surface area contributed by atoms with E-state index in [1.54, 1.807) is 6.92 Å². The highest BCUT2D eigenvalue weighted by Gasteiger charge is 2.51. The van der Waals surface area contributed by atoms with E-state index >= 15 is 0 Å². The number of hydrogen-bond donors (Lipinski definition) is 4. The van der Waals surface area contributed by atoms with Crippen LogP contribution in [-0.4, -0.2) is 79.2 Å². The Morgan fingerprint density at radius 1 is 1.06 bits per heavy atom. The summed E-state index contributed by atoms with van der Waals surface area (Å²) in [5, 5.41) is 15.9. The van der Waals surface area contributed by atoms with Gasteiger partial charge >= 0.3 is 6.18 Å². The minimum absolute atomic E-state index is 0.00651. The average Bonchev–Trinajstić information content (AvgIpc) is 4.15. The number of nitrogens with zero attached hydrogens (tertiary/aromatic N) is 3. The Morgan fingerprint density at radius 3 is 2.32 bits per heavy atom. The lowest BCUT2D eigenvalue weighted by Gasteiger charge is -2.24. The van der Waals surface area contributed by atoms with Crippen LogP contribution in [0, 0.1) is 28.9 Å². The van der Waals surface area contributed by atoms with Crippen LogP contribution in [0.3, 0.4) is 0 Å². The summed E-state index contributed by atoms with van der Waals surface area (Å²) in [6.45, 7) is 2.45. The Morgan fingerprint density at radius 2 is 1.71 bits per heavy atom. The normalized spacial score (nSPS) is 17.9. The third kappa shape index (κ3) is 10.3. The first-order chi connectivity index (χ1) is 30.7. The number of pyridine rings is 1. The molecule has 7 rings (SSSR count). The van der Waals surface area contributed by atoms with Gasteiger partial charge < -0.3 is 15.2 Å². The zero-order valence-corrected chi connectivity index (χ0v) is 37.6. The maximum Gasteiger partial charge on any atom is 0.433 e. The molecule has 4 aromatic rings. The van der Waals surface area contributed by atoms with Crippen molar-refractivity contribution in [2.45, 2.75) is 112 Å². The molecule has 3 aliphatic rings. The highest BCUT2D eigenvalue weighted by Crippen LogP contribution is 2.46. The second-order valence-corrected chi connectivity index (χ2v) is 22.0. The molecule has 66 heavy (non-hydrogen) atoms. The molecule has 2 heterocycles. The molecule has 354 valence electrons. The first-order valence-corrected chi connectivity index (χ1v) is 23.5. The molecular formula is C43H41ClF9N7O4S2. The van der Waals surface area contributed by atoms with Crippen LogP contribution in [0.5, 0.6) is 0 Å². The van der Waals surface area contributed by atoms with Crippen LogP contribution >= 0.6 is 11.6 Å². The number of allylic oxidation sites excluding steroid dienone is 2. The summed E-state index contributed by atoms with van der Waals surface area (Å²) >= 11 is 4.95. The number of carbonyl (C=O) groups is 1. The number of hydrogen-bond acceptors (Lipinski definition) is 9. The lowest BCUT2D eigenvalue weighted by atomic mass is 9.93. The molecule has 2 aromatic carbocycles. The molecule has 23 heteroatoms. The van der Waals surface area contributed by atoms with Crippen molar-refractivity contribution in [1.29, 1.82) is 5.41 Å². The fourth-order valence-electron chi connectivity index (χ4n) is 7.53. The molecule has 2 aromatic heterocycles. The van der Waals surface area contributed by atoms with Crippen molar-refractivity contribution in [3.63, 3.8) is 0 Å². The number of amides is 1. The van der Waals surface area contributed by atoms with Gasteiger partial charge in [-0.05, 0) is 88.3 Å². The van der Waals surface area contributed by atoms with Crippen LogP contribution in [0.15, 0.2) is 53.7 Å². The molecular weight excluding hydrogens is 949 g/mol. The second-order valence-electron chi connectivity index (χ2n) is 17.1. The SMILES string of the molecule is CC1([S+]([O-])Nc2nn(CC(F)F)c3c(-c4ccc(C#CC(C)(C)S(=O)(=O)C5CC5)nc4[C@H](Cc4cc(F)cc(F)c4)NC(=O)CNC4=C(C(=N)C(F)(F)F)CCC4(F)F)ccc(Cl)c23)CC1. The van der Waals surface area contributed by atoms with Crippen molar-refractivity contribution in [2.75, 3.05) is 11.3 Å². The molecule has 1 unspecified atom stereocenters. The van der Waals surface area contributed by atoms with Gasteiger partial charge in [0, 0.05) is 42.0 Å². The van der Waals surface area contributed by atoms with E-state index in [-0.39, 0.29) is 49.8 Å². The minimum atomic E-state index is -5.29. The van der Waals surface area contributed by atoms with Gasteiger partial charge in [0.05, 0.1) is 56.5 Å². The average molecular weight is 990 g/mol. The fourth-order valence-corrected chi connectivity index (χ4v) is 10.6. The predicted octanol–water partition coefficient (Wildman–Crippen LogP) is 8.89. The molecule has 0 radical (unpaired) electrons. The van der Waals surface area contributed by atoms with E-state index in [0.29, 0.717) is 31.7 Å². The van der Waals surface area contributed by atoms with Gasteiger partial charge in [-0.3, -0.25) is 14.9 Å². The molecule has 1 amide bonds. The molecule has 0 aliphatic heterocycles. The predicted molar refractivity (Wildman–Crippen MR) is 230 cm³/mol. The number of benzene rings is 2. The van der Waals surface area contributed by atoms with Crippen molar-refractivity contribution in [2.24, 2.45) is 0 Å². The lowest BCUT2D eigenvalue weighted by molar-refractivity contribution is -0.121. The van der Waals surface area contributed by atoms with Gasteiger partial charge in [-0.1, -0.05) is 23.6 Å². The highest BCUT2D eigenvalue weighted by atomic mass is 35.5. The van der Waals surface area contributed by atoms with Crippen LogP contribution in [0.4, 0.5) is 45.3 Å². The van der Waals surface area contributed by atoms with E-state index in [0.717, 1.165) is 16.8 Å². The third-order valence-corrected chi connectivity index (χ3v) is 16.4. The van der Waals surface area contributed by atoms with Gasteiger partial charge in [-0.15, -0.1) is 5.10 Å². The summed E-state index contributed by atoms with van der Waals surface area (Å²) in [5.41, 5.74) is -4.69. The van der Waals surface area contributed by atoms with Crippen molar-refractivity contribution < 1.29 is 57.3 Å². The first kappa shape index (κ1) is 48.9. The van der Waals surface area contributed by atoms with E-state index in [2.05, 4.69) is 37.3 Å². The van der Waals surface area contributed by atoms with E-state index < -0.39 is 127 Å². The summed E-state index contributed by atoms with van der Waals surface area (Å²) in [6, 6.07) is 6.42. The zero-order valence-electron chi connectivity index (χ0n) is 35.2. The smallest absolute Gasteiger partial charge is 0.433 e. The number of rotatable bonds is 16. The number of halogens is 10. The number of fused-ring (bicyclic) bond motifs is 1. The monoisotopic (exact) mass is 989 g/mol. The van der Waals surface area contributed by atoms with Crippen molar-refractivity contribution in [3.05, 3.63) is 87.3 Å². The fraction of sp³-hybridized carbons (Fsp3) is 0.442. The number of aromatic nitrogens is 3. The van der Waals surface area contributed by atoms with Gasteiger partial charge in [0.1, 0.15) is 39.1 Å². The summed E-state index contributed by atoms with van der Waals surface area (Å²) in [5.74, 6) is -1.74. The van der Waals surface area contributed by atoms with Crippen LogP contribution in [-0.2, 0) is 39.0 Å². The largest absolute Gasteiger partial charge is 0.593 e. The van der Waals surface area contributed by atoms with Crippen molar-refractivity contribution >= 4 is 61.1 Å². The molecule has 0 saturated heterocycles. The molecule has 3 aliphatic carbocycles. The molecule has 4 N–H and O–H groups in total. The molecule has 2 atom stereocenters. The van der Waals surface area contributed by atoms with Crippen LogP contribution < -0.4 is 15.4 Å². The Hall–Kier alpha value is -4.98. The molecule has 2 saturated carbocycles. The van der Waals surface area contributed by atoms with Gasteiger partial charge in [0.2, 0.25) is 11.7 Å². The topological polar surface area (TPSA) is 165 Å². The summed E-state index contributed by atoms with van der Waals surface area (Å²) in [7, 11) is -3.75. The van der Waals surface area contributed by atoms with Crippen LogP contribution in [0.1, 0.15) is 82.3 Å². The van der Waals surface area contributed by atoms with Gasteiger partial charge in [0.25, 0.3) is 12.3 Å². The number of carbonyl (C=O) groups excluding carboxylic acids is 1. The third-order valence-electron chi connectivity index (χ3n) is 11.5. The molecule has 0 spiro atoms. The quantitative estimate of drug-likeness (QED) is 0.0374. The van der Waals surface area contributed by atoms with Crippen molar-refractivity contribution in [3.8, 4) is 23.0 Å². The van der Waals surface area contributed by atoms with Crippen LogP contribution in [0.25, 0.3) is 22.0 Å². The number of sulfone groups is 1. The van der Waals surface area contributed by atoms with Crippen LogP contribution in [0.2, 0.25) is 5.02 Å². The Labute approximate surface area is 381 Å². The minimum Gasteiger partial charge on any atom is -0.593 e. The number of anilines is 1. The maximum absolute atomic E-state index is 15.0. The van der Waals surface area contributed by atoms with E-state index in [1.165, 1.54) is 38.1 Å². The lowest BCUT2D eigenvalue weighted by Crippen LogP contribution is -2.40. The number of nitrogens with one attached hydrogen (secondary N) is 4. The molecule has 0 bridgehead atoms. The Balaban J connectivity index is 1.39. The van der Waals surface area contributed by atoms with Gasteiger partial charge in [0.15, 0.2) is 9.84 Å². The molecule has 11 nitrogen and oxygen atoms in total. The highest BCUT2D eigenvalue weighted by molar-refractivity contribution is 7.94. The van der Waals surface area contributed by atoms with E-state index in [9.17, 15) is 57.3 Å². The summed E-state index contributed by atoms with van der Waals surface area (Å²) < 4.78 is 170. The van der Waals surface area contributed by atoms with Gasteiger partial charge in [-0.25, -0.2) is 31.0 Å². The van der Waals surface area contributed by atoms with E-state index in [4.69, 9.17) is 17.0 Å². The van der Waals surface area contributed by atoms with E-state index in [1.807, 2.05) is 0 Å². The summed E-state index contributed by atoms with van der Waals surface area (Å²) in [4.78, 5) is 18.5. The number of alkyl halides is 7. The van der Waals surface area contributed by atoms with Gasteiger partial charge in [-0.2, -0.15) is 26.7 Å².